The second-order valence-corrected chi connectivity index (χ2v) is 10.6. The fourth-order valence-electron chi connectivity index (χ4n) is 4.60. The summed E-state index contributed by atoms with van der Waals surface area (Å²) in [5, 5.41) is 2.24. The molecule has 0 saturated heterocycles. The van der Waals surface area contributed by atoms with Crippen LogP contribution in [0.3, 0.4) is 0 Å². The highest BCUT2D eigenvalue weighted by Crippen LogP contribution is 2.47. The van der Waals surface area contributed by atoms with Gasteiger partial charge in [-0.1, -0.05) is 52.8 Å². The Kier molecular flexibility index (Phi) is 5.73. The summed E-state index contributed by atoms with van der Waals surface area (Å²) in [7, 11) is 0. The molecular weight excluding hydrogens is 344 g/mol. The van der Waals surface area contributed by atoms with Gasteiger partial charge >= 0.3 is 0 Å². The van der Waals surface area contributed by atoms with Crippen LogP contribution in [0, 0.1) is 6.92 Å². The average Bonchev–Trinajstić information content (AvgIpc) is 3.06. The van der Waals surface area contributed by atoms with Crippen molar-refractivity contribution in [3.8, 4) is 0 Å². The van der Waals surface area contributed by atoms with Gasteiger partial charge in [0.1, 0.15) is 0 Å². The maximum absolute atomic E-state index is 2.51. The molecular formula is C26H36S. The summed E-state index contributed by atoms with van der Waals surface area (Å²) in [6.07, 6.45) is 8.45. The Labute approximate surface area is 170 Å². The van der Waals surface area contributed by atoms with E-state index in [0.29, 0.717) is 5.41 Å². The number of rotatable bonds is 5. The smallest absolute Gasteiger partial charge is 0.00745 e. The molecule has 1 aliphatic carbocycles. The first-order valence-electron chi connectivity index (χ1n) is 10.5. The van der Waals surface area contributed by atoms with Gasteiger partial charge in [0, 0.05) is 4.88 Å². The van der Waals surface area contributed by atoms with Crippen molar-refractivity contribution >= 4 is 16.9 Å². The van der Waals surface area contributed by atoms with Crippen LogP contribution in [0.2, 0.25) is 0 Å². The molecule has 1 aromatic carbocycles. The predicted octanol–water partition coefficient (Wildman–Crippen LogP) is 8.00. The van der Waals surface area contributed by atoms with Crippen molar-refractivity contribution in [1.82, 2.24) is 0 Å². The topological polar surface area (TPSA) is 0 Å². The molecule has 0 amide bonds. The Balaban J connectivity index is 1.88. The third kappa shape index (κ3) is 4.09. The second-order valence-electron chi connectivity index (χ2n) is 9.63. The molecule has 1 aliphatic rings. The molecule has 0 atom stereocenters. The summed E-state index contributed by atoms with van der Waals surface area (Å²) in [6, 6.07) is 7.30. The van der Waals surface area contributed by atoms with E-state index in [4.69, 9.17) is 0 Å². The lowest BCUT2D eigenvalue weighted by molar-refractivity contribution is 0.331. The van der Waals surface area contributed by atoms with Crippen molar-refractivity contribution in [3.63, 3.8) is 0 Å². The Bertz CT molecular complexity index is 845. The molecule has 0 aliphatic heterocycles. The van der Waals surface area contributed by atoms with Crippen LogP contribution in [-0.2, 0) is 23.7 Å². The van der Waals surface area contributed by atoms with Crippen molar-refractivity contribution < 1.29 is 0 Å². The van der Waals surface area contributed by atoms with Gasteiger partial charge in [-0.05, 0) is 102 Å². The normalized spacial score (nSPS) is 18.4. The van der Waals surface area contributed by atoms with Crippen molar-refractivity contribution in [2.45, 2.75) is 91.4 Å². The van der Waals surface area contributed by atoms with Gasteiger partial charge < -0.3 is 0 Å². The number of allylic oxidation sites excluding steroid dienone is 2. The van der Waals surface area contributed by atoms with E-state index in [1.807, 2.05) is 11.3 Å². The third-order valence-electron chi connectivity index (χ3n) is 6.65. The van der Waals surface area contributed by atoms with Crippen LogP contribution in [0.15, 0.2) is 29.7 Å². The van der Waals surface area contributed by atoms with Gasteiger partial charge in [0.2, 0.25) is 0 Å². The van der Waals surface area contributed by atoms with E-state index in [-0.39, 0.29) is 5.41 Å². The molecule has 1 heterocycles. The van der Waals surface area contributed by atoms with E-state index in [1.54, 1.807) is 16.0 Å². The van der Waals surface area contributed by atoms with Gasteiger partial charge in [-0.15, -0.1) is 11.3 Å². The number of fused-ring (bicyclic) bond motifs is 1. The van der Waals surface area contributed by atoms with Crippen LogP contribution in [-0.4, -0.2) is 0 Å². The average molecular weight is 381 g/mol. The minimum Gasteiger partial charge on any atom is -0.149 e. The summed E-state index contributed by atoms with van der Waals surface area (Å²) in [6.45, 7) is 16.5. The van der Waals surface area contributed by atoms with Gasteiger partial charge in [-0.2, -0.15) is 0 Å². The van der Waals surface area contributed by atoms with E-state index in [2.05, 4.69) is 78.1 Å². The number of aryl methyl sites for hydroxylation is 3. The highest BCUT2D eigenvalue weighted by Gasteiger charge is 2.37. The molecule has 27 heavy (non-hydrogen) atoms. The van der Waals surface area contributed by atoms with Gasteiger partial charge in [0.05, 0.1) is 0 Å². The van der Waals surface area contributed by atoms with Gasteiger partial charge in [-0.3, -0.25) is 0 Å². The molecule has 1 heteroatoms. The summed E-state index contributed by atoms with van der Waals surface area (Å²) in [4.78, 5) is 1.55. The zero-order chi connectivity index (χ0) is 19.8. The van der Waals surface area contributed by atoms with Crippen molar-refractivity contribution in [2.75, 3.05) is 0 Å². The fourth-order valence-corrected chi connectivity index (χ4v) is 5.49. The molecule has 0 N–H and O–H groups in total. The molecule has 0 saturated carbocycles. The zero-order valence-electron chi connectivity index (χ0n) is 18.3. The third-order valence-corrected chi connectivity index (χ3v) is 7.75. The first-order valence-corrected chi connectivity index (χ1v) is 11.4. The van der Waals surface area contributed by atoms with Crippen molar-refractivity contribution in [3.05, 3.63) is 62.3 Å². The quantitative estimate of drug-likeness (QED) is 0.493. The van der Waals surface area contributed by atoms with Gasteiger partial charge in [0.25, 0.3) is 0 Å². The maximum Gasteiger partial charge on any atom is 0.00745 e. The van der Waals surface area contributed by atoms with Crippen LogP contribution in [0.4, 0.5) is 0 Å². The summed E-state index contributed by atoms with van der Waals surface area (Å²) in [5.41, 5.74) is 9.55. The monoisotopic (exact) mass is 380 g/mol. The number of hydrogen-bond donors (Lipinski definition) is 0. The molecule has 0 bridgehead atoms. The van der Waals surface area contributed by atoms with Crippen LogP contribution in [0.25, 0.3) is 5.57 Å². The molecule has 0 spiro atoms. The Morgan fingerprint density at radius 2 is 1.70 bits per heavy atom. The highest BCUT2D eigenvalue weighted by atomic mass is 32.1. The number of thiophene rings is 1. The molecule has 2 aromatic rings. The fraction of sp³-hybridized carbons (Fsp3) is 0.538. The van der Waals surface area contributed by atoms with Crippen LogP contribution >= 0.6 is 11.3 Å². The molecule has 0 unspecified atom stereocenters. The number of hydrogen-bond acceptors (Lipinski definition) is 1. The van der Waals surface area contributed by atoms with Gasteiger partial charge in [0.15, 0.2) is 0 Å². The van der Waals surface area contributed by atoms with E-state index < -0.39 is 0 Å². The lowest BCUT2D eigenvalue weighted by Gasteiger charge is -2.42. The Morgan fingerprint density at radius 3 is 2.33 bits per heavy atom. The maximum atomic E-state index is 2.51. The van der Waals surface area contributed by atoms with Crippen molar-refractivity contribution in [2.24, 2.45) is 0 Å². The minimum absolute atomic E-state index is 0.278. The lowest BCUT2D eigenvalue weighted by atomic mass is 9.62. The molecule has 3 rings (SSSR count). The van der Waals surface area contributed by atoms with Crippen LogP contribution < -0.4 is 0 Å². The minimum atomic E-state index is 0.278. The van der Waals surface area contributed by atoms with E-state index >= 15 is 0 Å². The first kappa shape index (κ1) is 20.4. The predicted molar refractivity (Wildman–Crippen MR) is 122 cm³/mol. The standard InChI is InChI=1S/C26H36S/c1-8-24-20(12-15-27-24)11-9-10-18(2)21-17-23-22(16-19(21)3)25(4,5)13-14-26(23,6)7/h10,12,15-17H,8-9,11,13-14H2,1-7H3. The Morgan fingerprint density at radius 1 is 1.07 bits per heavy atom. The van der Waals surface area contributed by atoms with E-state index in [9.17, 15) is 0 Å². The van der Waals surface area contributed by atoms with Crippen LogP contribution in [0.5, 0.6) is 0 Å². The van der Waals surface area contributed by atoms with E-state index in [1.165, 1.54) is 35.1 Å². The van der Waals surface area contributed by atoms with Crippen LogP contribution in [0.1, 0.15) is 93.5 Å². The molecule has 0 radical (unpaired) electrons. The summed E-state index contributed by atoms with van der Waals surface area (Å²) < 4.78 is 0. The first-order chi connectivity index (χ1) is 12.7. The highest BCUT2D eigenvalue weighted by molar-refractivity contribution is 7.10. The second kappa shape index (κ2) is 7.59. The van der Waals surface area contributed by atoms with E-state index in [0.717, 1.165) is 19.3 Å². The zero-order valence-corrected chi connectivity index (χ0v) is 19.1. The Hall–Kier alpha value is -1.34. The largest absolute Gasteiger partial charge is 0.149 e. The van der Waals surface area contributed by atoms with Gasteiger partial charge in [-0.25, -0.2) is 0 Å². The summed E-state index contributed by atoms with van der Waals surface area (Å²) in [5.74, 6) is 0. The molecule has 0 nitrogen and oxygen atoms in total. The summed E-state index contributed by atoms with van der Waals surface area (Å²) >= 11 is 1.90. The molecule has 146 valence electrons. The SMILES string of the molecule is CCc1sccc1CCC=C(C)c1cc2c(cc1C)C(C)(C)CCC2(C)C. The van der Waals surface area contributed by atoms with Crippen molar-refractivity contribution in [1.29, 1.82) is 0 Å². The molecule has 1 aromatic heterocycles. The lowest BCUT2D eigenvalue weighted by Crippen LogP contribution is -2.34. The number of benzene rings is 1. The molecule has 0 fully saturated rings.